The minimum atomic E-state index is -0.951. The summed E-state index contributed by atoms with van der Waals surface area (Å²) in [4.78, 5) is 25.2. The molecule has 5 nitrogen and oxygen atoms in total. The standard InChI is InChI=1S/C20H22N2O3/c1-14-18(16-5-3-2-4-6-16)11-12-22(14)20(25)21-13-15-7-9-17(10-8-15)19(23)24/h2-10,14,18H,11-13H2,1H3,(H,21,25)(H,23,24). The number of likely N-dealkylation sites (tertiary alicyclic amines) is 1. The smallest absolute Gasteiger partial charge is 0.335 e. The average Bonchev–Trinajstić information content (AvgIpc) is 3.02. The molecule has 2 aromatic rings. The van der Waals surface area contributed by atoms with Crippen LogP contribution < -0.4 is 5.32 Å². The molecule has 25 heavy (non-hydrogen) atoms. The van der Waals surface area contributed by atoms with Gasteiger partial charge in [-0.1, -0.05) is 42.5 Å². The van der Waals surface area contributed by atoms with Gasteiger partial charge in [0.1, 0.15) is 0 Å². The van der Waals surface area contributed by atoms with Gasteiger partial charge in [0.05, 0.1) is 5.56 Å². The fourth-order valence-electron chi connectivity index (χ4n) is 3.42. The van der Waals surface area contributed by atoms with Crippen LogP contribution in [0.25, 0.3) is 0 Å². The van der Waals surface area contributed by atoms with E-state index in [2.05, 4.69) is 24.4 Å². The summed E-state index contributed by atoms with van der Waals surface area (Å²) in [6, 6.07) is 16.9. The molecule has 2 amide bonds. The number of aromatic carboxylic acids is 1. The van der Waals surface area contributed by atoms with E-state index in [0.29, 0.717) is 12.5 Å². The molecule has 0 saturated carbocycles. The van der Waals surface area contributed by atoms with E-state index in [1.54, 1.807) is 24.3 Å². The molecule has 0 aliphatic carbocycles. The van der Waals surface area contributed by atoms with Crippen molar-refractivity contribution in [3.05, 3.63) is 71.3 Å². The summed E-state index contributed by atoms with van der Waals surface area (Å²) in [5.74, 6) is -0.588. The van der Waals surface area contributed by atoms with Gasteiger partial charge in [-0.25, -0.2) is 9.59 Å². The first-order chi connectivity index (χ1) is 12.1. The van der Waals surface area contributed by atoms with Crippen molar-refractivity contribution >= 4 is 12.0 Å². The van der Waals surface area contributed by atoms with E-state index in [-0.39, 0.29) is 17.6 Å². The normalized spacial score (nSPS) is 19.6. The van der Waals surface area contributed by atoms with Gasteiger partial charge in [0.25, 0.3) is 0 Å². The number of carbonyl (C=O) groups is 2. The number of benzene rings is 2. The Labute approximate surface area is 147 Å². The first-order valence-corrected chi connectivity index (χ1v) is 8.48. The molecular formula is C20H22N2O3. The van der Waals surface area contributed by atoms with E-state index in [0.717, 1.165) is 18.5 Å². The number of carboxylic acid groups (broad SMARTS) is 1. The maximum absolute atomic E-state index is 12.5. The van der Waals surface area contributed by atoms with E-state index in [9.17, 15) is 9.59 Å². The van der Waals surface area contributed by atoms with Crippen LogP contribution in [-0.4, -0.2) is 34.6 Å². The molecule has 130 valence electrons. The second-order valence-corrected chi connectivity index (χ2v) is 6.40. The van der Waals surface area contributed by atoms with Gasteiger partial charge in [-0.3, -0.25) is 0 Å². The quantitative estimate of drug-likeness (QED) is 0.897. The van der Waals surface area contributed by atoms with Crippen LogP contribution in [0.2, 0.25) is 0 Å². The molecular weight excluding hydrogens is 316 g/mol. The average molecular weight is 338 g/mol. The molecule has 2 unspecified atom stereocenters. The summed E-state index contributed by atoms with van der Waals surface area (Å²) in [5.41, 5.74) is 2.40. The third-order valence-electron chi connectivity index (χ3n) is 4.89. The Balaban J connectivity index is 1.57. The molecule has 3 rings (SSSR count). The molecule has 1 saturated heterocycles. The van der Waals surface area contributed by atoms with Gasteiger partial charge in [0, 0.05) is 25.0 Å². The lowest BCUT2D eigenvalue weighted by molar-refractivity contribution is 0.0697. The number of carbonyl (C=O) groups excluding carboxylic acids is 1. The number of hydrogen-bond acceptors (Lipinski definition) is 2. The van der Waals surface area contributed by atoms with Crippen LogP contribution in [-0.2, 0) is 6.54 Å². The molecule has 2 N–H and O–H groups in total. The number of carboxylic acids is 1. The zero-order chi connectivity index (χ0) is 17.8. The highest BCUT2D eigenvalue weighted by Crippen LogP contribution is 2.33. The van der Waals surface area contributed by atoms with Gasteiger partial charge >= 0.3 is 12.0 Å². The Morgan fingerprint density at radius 1 is 1.12 bits per heavy atom. The van der Waals surface area contributed by atoms with E-state index in [1.165, 1.54) is 5.56 Å². The van der Waals surface area contributed by atoms with E-state index >= 15 is 0 Å². The minimum Gasteiger partial charge on any atom is -0.478 e. The zero-order valence-electron chi connectivity index (χ0n) is 14.2. The van der Waals surface area contributed by atoms with E-state index in [1.807, 2.05) is 23.1 Å². The van der Waals surface area contributed by atoms with Crippen molar-refractivity contribution in [1.82, 2.24) is 10.2 Å². The van der Waals surface area contributed by atoms with Crippen LogP contribution >= 0.6 is 0 Å². The second-order valence-electron chi connectivity index (χ2n) is 6.40. The van der Waals surface area contributed by atoms with Crippen LogP contribution in [0, 0.1) is 0 Å². The molecule has 2 aromatic carbocycles. The third-order valence-corrected chi connectivity index (χ3v) is 4.89. The predicted molar refractivity (Wildman–Crippen MR) is 95.6 cm³/mol. The zero-order valence-corrected chi connectivity index (χ0v) is 14.2. The van der Waals surface area contributed by atoms with Gasteiger partial charge in [0.15, 0.2) is 0 Å². The van der Waals surface area contributed by atoms with Crippen molar-refractivity contribution in [1.29, 1.82) is 0 Å². The van der Waals surface area contributed by atoms with E-state index in [4.69, 9.17) is 5.11 Å². The van der Waals surface area contributed by atoms with Crippen molar-refractivity contribution in [2.24, 2.45) is 0 Å². The Morgan fingerprint density at radius 2 is 1.80 bits per heavy atom. The van der Waals surface area contributed by atoms with Crippen molar-refractivity contribution in [3.8, 4) is 0 Å². The second kappa shape index (κ2) is 7.38. The predicted octanol–water partition coefficient (Wildman–Crippen LogP) is 3.47. The highest BCUT2D eigenvalue weighted by molar-refractivity contribution is 5.87. The van der Waals surface area contributed by atoms with Crippen LogP contribution in [0.15, 0.2) is 54.6 Å². The number of hydrogen-bond donors (Lipinski definition) is 2. The van der Waals surface area contributed by atoms with Crippen LogP contribution in [0.5, 0.6) is 0 Å². The Hall–Kier alpha value is -2.82. The molecule has 1 heterocycles. The molecule has 1 aliphatic rings. The largest absolute Gasteiger partial charge is 0.478 e. The summed E-state index contributed by atoms with van der Waals surface area (Å²) < 4.78 is 0. The number of urea groups is 1. The molecule has 0 bridgehead atoms. The molecule has 5 heteroatoms. The SMILES string of the molecule is CC1C(c2ccccc2)CCN1C(=O)NCc1ccc(C(=O)O)cc1. The van der Waals surface area contributed by atoms with Crippen molar-refractivity contribution in [2.75, 3.05) is 6.54 Å². The lowest BCUT2D eigenvalue weighted by atomic mass is 9.93. The summed E-state index contributed by atoms with van der Waals surface area (Å²) in [7, 11) is 0. The van der Waals surface area contributed by atoms with Crippen LogP contribution in [0.4, 0.5) is 4.79 Å². The van der Waals surface area contributed by atoms with Crippen LogP contribution in [0.1, 0.15) is 40.7 Å². The van der Waals surface area contributed by atoms with Gasteiger partial charge < -0.3 is 15.3 Å². The van der Waals surface area contributed by atoms with Crippen LogP contribution in [0.3, 0.4) is 0 Å². The number of amides is 2. The maximum Gasteiger partial charge on any atom is 0.335 e. The first kappa shape index (κ1) is 17.0. The molecule has 0 spiro atoms. The summed E-state index contributed by atoms with van der Waals surface area (Å²) >= 11 is 0. The topological polar surface area (TPSA) is 69.6 Å². The maximum atomic E-state index is 12.5. The third kappa shape index (κ3) is 3.82. The lowest BCUT2D eigenvalue weighted by Crippen LogP contribution is -2.42. The number of nitrogens with one attached hydrogen (secondary N) is 1. The lowest BCUT2D eigenvalue weighted by Gasteiger charge is -2.25. The molecule has 2 atom stereocenters. The summed E-state index contributed by atoms with van der Waals surface area (Å²) in [6.07, 6.45) is 0.964. The van der Waals surface area contributed by atoms with Gasteiger partial charge in [-0.2, -0.15) is 0 Å². The van der Waals surface area contributed by atoms with Crippen molar-refractivity contribution in [3.63, 3.8) is 0 Å². The number of nitrogens with zero attached hydrogens (tertiary/aromatic N) is 1. The Bertz CT molecular complexity index is 743. The van der Waals surface area contributed by atoms with Crippen molar-refractivity contribution in [2.45, 2.75) is 31.8 Å². The van der Waals surface area contributed by atoms with Gasteiger partial charge in [0.2, 0.25) is 0 Å². The molecule has 0 radical (unpaired) electrons. The molecule has 1 fully saturated rings. The highest BCUT2D eigenvalue weighted by atomic mass is 16.4. The monoisotopic (exact) mass is 338 g/mol. The van der Waals surface area contributed by atoms with Gasteiger partial charge in [-0.15, -0.1) is 0 Å². The van der Waals surface area contributed by atoms with Gasteiger partial charge in [-0.05, 0) is 36.6 Å². The van der Waals surface area contributed by atoms with Crippen molar-refractivity contribution < 1.29 is 14.7 Å². The molecule has 1 aliphatic heterocycles. The Morgan fingerprint density at radius 3 is 2.44 bits per heavy atom. The van der Waals surface area contributed by atoms with E-state index < -0.39 is 5.97 Å². The first-order valence-electron chi connectivity index (χ1n) is 8.48. The Kier molecular flexibility index (Phi) is 5.03. The minimum absolute atomic E-state index is 0.0757. The fourth-order valence-corrected chi connectivity index (χ4v) is 3.42. The number of rotatable bonds is 4. The summed E-state index contributed by atoms with van der Waals surface area (Å²) in [6.45, 7) is 3.22. The fraction of sp³-hybridized carbons (Fsp3) is 0.300. The summed E-state index contributed by atoms with van der Waals surface area (Å²) in [5, 5.41) is 11.8. The highest BCUT2D eigenvalue weighted by Gasteiger charge is 2.34. The molecule has 0 aromatic heterocycles.